The highest BCUT2D eigenvalue weighted by Crippen LogP contribution is 2.16. The number of anilines is 1. The summed E-state index contributed by atoms with van der Waals surface area (Å²) < 4.78 is 0. The third-order valence-electron chi connectivity index (χ3n) is 2.67. The fraction of sp³-hybridized carbons (Fsp3) is 0.0769. The van der Waals surface area contributed by atoms with Gasteiger partial charge in [-0.15, -0.1) is 0 Å². The van der Waals surface area contributed by atoms with Gasteiger partial charge in [0.25, 0.3) is 0 Å². The third-order valence-corrected chi connectivity index (χ3v) is 2.67. The number of nitrogens with zero attached hydrogens (tertiary/aromatic N) is 2. The maximum atomic E-state index is 4.19. The second kappa shape index (κ2) is 4.25. The summed E-state index contributed by atoms with van der Waals surface area (Å²) in [5.74, 6) is 0. The van der Waals surface area contributed by atoms with E-state index in [0.717, 1.165) is 23.3 Å². The molecule has 0 fully saturated rings. The molecule has 3 aromatic rings. The molecule has 4 heteroatoms. The van der Waals surface area contributed by atoms with Gasteiger partial charge in [-0.2, -0.15) is 0 Å². The Morgan fingerprint density at radius 1 is 1.12 bits per heavy atom. The highest BCUT2D eigenvalue weighted by molar-refractivity contribution is 5.78. The minimum Gasteiger partial charge on any atom is -0.381 e. The number of hydrogen-bond donors (Lipinski definition) is 2. The van der Waals surface area contributed by atoms with E-state index in [-0.39, 0.29) is 0 Å². The Bertz CT molecular complexity index is 615. The highest BCUT2D eigenvalue weighted by Gasteiger charge is 1.98. The topological polar surface area (TPSA) is 53.6 Å². The lowest BCUT2D eigenvalue weighted by molar-refractivity contribution is 1.13. The lowest BCUT2D eigenvalue weighted by Gasteiger charge is -2.05. The number of nitrogens with one attached hydrogen (secondary N) is 2. The second-order valence-corrected chi connectivity index (χ2v) is 3.84. The number of imidazole rings is 1. The van der Waals surface area contributed by atoms with Crippen molar-refractivity contribution in [3.8, 4) is 0 Å². The van der Waals surface area contributed by atoms with Crippen LogP contribution in [0.2, 0.25) is 0 Å². The van der Waals surface area contributed by atoms with E-state index in [1.165, 1.54) is 5.56 Å². The Kier molecular flexibility index (Phi) is 2.46. The molecular weight excluding hydrogens is 212 g/mol. The molecule has 0 bridgehead atoms. The molecule has 2 N–H and O–H groups in total. The van der Waals surface area contributed by atoms with Gasteiger partial charge in [0.2, 0.25) is 0 Å². The Morgan fingerprint density at radius 3 is 2.88 bits per heavy atom. The molecule has 0 aliphatic heterocycles. The molecule has 0 aliphatic rings. The Labute approximate surface area is 98.7 Å². The number of aromatic nitrogens is 3. The first-order valence-corrected chi connectivity index (χ1v) is 5.48. The van der Waals surface area contributed by atoms with Crippen molar-refractivity contribution >= 4 is 16.7 Å². The zero-order valence-corrected chi connectivity index (χ0v) is 9.22. The van der Waals surface area contributed by atoms with Gasteiger partial charge in [-0.1, -0.05) is 0 Å². The van der Waals surface area contributed by atoms with Crippen molar-refractivity contribution in [1.29, 1.82) is 0 Å². The average molecular weight is 224 g/mol. The normalized spacial score (nSPS) is 10.6. The Balaban J connectivity index is 1.76. The van der Waals surface area contributed by atoms with Crippen LogP contribution in [0, 0.1) is 0 Å². The molecule has 0 saturated carbocycles. The summed E-state index contributed by atoms with van der Waals surface area (Å²) in [6.07, 6.45) is 5.31. The van der Waals surface area contributed by atoms with Gasteiger partial charge in [-0.05, 0) is 35.9 Å². The van der Waals surface area contributed by atoms with Gasteiger partial charge in [0.1, 0.15) is 0 Å². The van der Waals surface area contributed by atoms with E-state index in [1.807, 2.05) is 24.3 Å². The highest BCUT2D eigenvalue weighted by atomic mass is 14.9. The van der Waals surface area contributed by atoms with E-state index in [4.69, 9.17) is 0 Å². The second-order valence-electron chi connectivity index (χ2n) is 3.84. The molecule has 0 radical (unpaired) electrons. The molecule has 0 saturated heterocycles. The number of pyridine rings is 1. The van der Waals surface area contributed by atoms with Gasteiger partial charge < -0.3 is 10.3 Å². The molecule has 0 aliphatic carbocycles. The lowest BCUT2D eigenvalue weighted by Crippen LogP contribution is -1.98. The molecule has 2 aromatic heterocycles. The summed E-state index contributed by atoms with van der Waals surface area (Å²) in [4.78, 5) is 11.3. The number of benzene rings is 1. The van der Waals surface area contributed by atoms with Gasteiger partial charge in [0, 0.05) is 24.6 Å². The van der Waals surface area contributed by atoms with E-state index < -0.39 is 0 Å². The van der Waals surface area contributed by atoms with Crippen LogP contribution in [0.25, 0.3) is 11.0 Å². The van der Waals surface area contributed by atoms with E-state index in [1.54, 1.807) is 18.7 Å². The SMILES string of the molecule is c1cc(CNc2ccc3nc[nH]c3c2)ccn1. The van der Waals surface area contributed by atoms with Crippen LogP contribution >= 0.6 is 0 Å². The molecule has 0 spiro atoms. The van der Waals surface area contributed by atoms with Gasteiger partial charge >= 0.3 is 0 Å². The molecule has 2 heterocycles. The van der Waals surface area contributed by atoms with E-state index in [0.29, 0.717) is 0 Å². The lowest BCUT2D eigenvalue weighted by atomic mass is 10.2. The molecule has 0 amide bonds. The summed E-state index contributed by atoms with van der Waals surface area (Å²) in [7, 11) is 0. The summed E-state index contributed by atoms with van der Waals surface area (Å²) in [6, 6.07) is 10.1. The maximum Gasteiger partial charge on any atom is 0.0931 e. The third kappa shape index (κ3) is 2.10. The molecule has 3 rings (SSSR count). The largest absolute Gasteiger partial charge is 0.381 e. The van der Waals surface area contributed by atoms with Gasteiger partial charge in [0.15, 0.2) is 0 Å². The van der Waals surface area contributed by atoms with Crippen LogP contribution in [0.5, 0.6) is 0 Å². The first-order chi connectivity index (χ1) is 8.42. The van der Waals surface area contributed by atoms with Gasteiger partial charge in [-0.3, -0.25) is 4.98 Å². The van der Waals surface area contributed by atoms with Crippen LogP contribution in [0.1, 0.15) is 5.56 Å². The van der Waals surface area contributed by atoms with E-state index in [2.05, 4.69) is 26.3 Å². The van der Waals surface area contributed by atoms with Crippen LogP contribution in [-0.4, -0.2) is 15.0 Å². The minimum atomic E-state index is 0.794. The quantitative estimate of drug-likeness (QED) is 0.719. The molecule has 17 heavy (non-hydrogen) atoms. The summed E-state index contributed by atoms with van der Waals surface area (Å²) >= 11 is 0. The van der Waals surface area contributed by atoms with Crippen LogP contribution < -0.4 is 5.32 Å². The summed E-state index contributed by atoms with van der Waals surface area (Å²) in [6.45, 7) is 0.794. The van der Waals surface area contributed by atoms with E-state index >= 15 is 0 Å². The van der Waals surface area contributed by atoms with Crippen LogP contribution in [-0.2, 0) is 6.54 Å². The maximum absolute atomic E-state index is 4.19. The van der Waals surface area contributed by atoms with Gasteiger partial charge in [0.05, 0.1) is 17.4 Å². The first kappa shape index (κ1) is 9.84. The number of H-pyrrole nitrogens is 1. The molecule has 4 nitrogen and oxygen atoms in total. The molecular formula is C13H12N4. The zero-order valence-electron chi connectivity index (χ0n) is 9.22. The fourth-order valence-corrected chi connectivity index (χ4v) is 1.75. The predicted molar refractivity (Wildman–Crippen MR) is 67.7 cm³/mol. The number of fused-ring (bicyclic) bond motifs is 1. The van der Waals surface area contributed by atoms with E-state index in [9.17, 15) is 0 Å². The van der Waals surface area contributed by atoms with Crippen molar-refractivity contribution < 1.29 is 0 Å². The number of aromatic amines is 1. The van der Waals surface area contributed by atoms with Crippen LogP contribution in [0.15, 0.2) is 49.1 Å². The predicted octanol–water partition coefficient (Wildman–Crippen LogP) is 2.57. The van der Waals surface area contributed by atoms with Crippen molar-refractivity contribution in [3.05, 3.63) is 54.6 Å². The average Bonchev–Trinajstić information content (AvgIpc) is 2.85. The fourth-order valence-electron chi connectivity index (χ4n) is 1.75. The zero-order chi connectivity index (χ0) is 11.5. The minimum absolute atomic E-state index is 0.794. The molecule has 0 atom stereocenters. The molecule has 0 unspecified atom stereocenters. The Hall–Kier alpha value is -2.36. The van der Waals surface area contributed by atoms with Crippen LogP contribution in [0.4, 0.5) is 5.69 Å². The summed E-state index contributed by atoms with van der Waals surface area (Å²) in [5, 5.41) is 3.37. The van der Waals surface area contributed by atoms with Gasteiger partial charge in [-0.25, -0.2) is 4.98 Å². The standard InChI is InChI=1S/C13H12N4/c1-2-12-13(17-9-16-12)7-11(1)15-8-10-3-5-14-6-4-10/h1-7,9,15H,8H2,(H,16,17). The monoisotopic (exact) mass is 224 g/mol. The Morgan fingerprint density at radius 2 is 2.00 bits per heavy atom. The van der Waals surface area contributed by atoms with Crippen molar-refractivity contribution in [1.82, 2.24) is 15.0 Å². The smallest absolute Gasteiger partial charge is 0.0931 e. The van der Waals surface area contributed by atoms with Crippen LogP contribution in [0.3, 0.4) is 0 Å². The van der Waals surface area contributed by atoms with Crippen molar-refractivity contribution in [2.45, 2.75) is 6.54 Å². The number of rotatable bonds is 3. The summed E-state index contributed by atoms with van der Waals surface area (Å²) in [5.41, 5.74) is 4.33. The van der Waals surface area contributed by atoms with Crippen molar-refractivity contribution in [3.63, 3.8) is 0 Å². The van der Waals surface area contributed by atoms with Crippen molar-refractivity contribution in [2.75, 3.05) is 5.32 Å². The first-order valence-electron chi connectivity index (χ1n) is 5.48. The van der Waals surface area contributed by atoms with Crippen molar-refractivity contribution in [2.24, 2.45) is 0 Å². The molecule has 1 aromatic carbocycles. The number of hydrogen-bond acceptors (Lipinski definition) is 3. The molecule has 84 valence electrons.